The molecule has 0 aliphatic carbocycles. The van der Waals surface area contributed by atoms with E-state index in [4.69, 9.17) is 9.05 Å². The SMILES string of the molecule is CC/C=C\C/C=C\C/C=C\C/C=C\CCCCCCCCCCCCCCCCCCC(=O)NC(COP(=O)(O)OCC[N+](C)(C)C)C(O)/C=C/CC/C=C/CCCCCCCCCCCCCCCCCC. The minimum Gasteiger partial charge on any atom is -0.387 e. The Morgan fingerprint density at radius 1 is 0.479 bits per heavy atom. The molecule has 0 aromatic rings. The molecule has 0 heterocycles. The third-order valence-electron chi connectivity index (χ3n) is 13.7. The van der Waals surface area contributed by atoms with E-state index in [9.17, 15) is 19.4 Å². The number of quaternary nitrogens is 1. The Morgan fingerprint density at radius 2 is 0.836 bits per heavy atom. The molecule has 0 saturated carbocycles. The van der Waals surface area contributed by atoms with E-state index in [-0.39, 0.29) is 19.1 Å². The fourth-order valence-corrected chi connectivity index (χ4v) is 9.61. The number of hydrogen-bond acceptors (Lipinski definition) is 5. The molecule has 0 aromatic carbocycles. The molecule has 0 saturated heterocycles. The summed E-state index contributed by atoms with van der Waals surface area (Å²) in [5.74, 6) is -0.186. The zero-order valence-electron chi connectivity index (χ0n) is 48.6. The van der Waals surface area contributed by atoms with Crippen molar-refractivity contribution in [3.8, 4) is 0 Å². The van der Waals surface area contributed by atoms with Crippen LogP contribution in [0.4, 0.5) is 0 Å². The Balaban J connectivity index is 4.17. The molecule has 0 aliphatic rings. The minimum atomic E-state index is -4.36. The van der Waals surface area contributed by atoms with Crippen LogP contribution in [-0.4, -0.2) is 73.4 Å². The summed E-state index contributed by atoms with van der Waals surface area (Å²) in [6.45, 7) is 4.71. The predicted molar refractivity (Wildman–Crippen MR) is 318 cm³/mol. The van der Waals surface area contributed by atoms with Crippen molar-refractivity contribution in [2.45, 2.75) is 289 Å². The highest BCUT2D eigenvalue weighted by atomic mass is 31.2. The molecule has 0 spiro atoms. The lowest BCUT2D eigenvalue weighted by molar-refractivity contribution is -0.870. The first-order chi connectivity index (χ1) is 35.5. The average molecular weight is 1040 g/mol. The molecular weight excluding hydrogens is 924 g/mol. The molecule has 0 aromatic heterocycles. The quantitative estimate of drug-likeness (QED) is 0.0243. The maximum Gasteiger partial charge on any atom is 0.472 e. The molecule has 3 N–H and O–H groups in total. The molecule has 0 fully saturated rings. The van der Waals surface area contributed by atoms with Gasteiger partial charge in [0.15, 0.2) is 0 Å². The first kappa shape index (κ1) is 70.9. The van der Waals surface area contributed by atoms with Crippen molar-refractivity contribution in [1.29, 1.82) is 0 Å². The van der Waals surface area contributed by atoms with E-state index in [1.807, 2.05) is 27.2 Å². The number of nitrogens with one attached hydrogen (secondary N) is 1. The zero-order valence-corrected chi connectivity index (χ0v) is 49.5. The lowest BCUT2D eigenvalue weighted by atomic mass is 10.0. The highest BCUT2D eigenvalue weighted by molar-refractivity contribution is 7.47. The molecule has 3 atom stereocenters. The number of amides is 1. The molecule has 426 valence electrons. The lowest BCUT2D eigenvalue weighted by Gasteiger charge is -2.25. The molecule has 0 bridgehead atoms. The molecule has 8 nitrogen and oxygen atoms in total. The second-order valence-electron chi connectivity index (χ2n) is 22.0. The summed E-state index contributed by atoms with van der Waals surface area (Å²) in [4.78, 5) is 23.3. The Hall–Kier alpha value is -2.06. The largest absolute Gasteiger partial charge is 0.472 e. The van der Waals surface area contributed by atoms with Crippen LogP contribution in [0.3, 0.4) is 0 Å². The van der Waals surface area contributed by atoms with Gasteiger partial charge in [-0.25, -0.2) is 4.57 Å². The topological polar surface area (TPSA) is 105 Å². The second-order valence-corrected chi connectivity index (χ2v) is 23.5. The number of hydrogen-bond donors (Lipinski definition) is 3. The van der Waals surface area contributed by atoms with Gasteiger partial charge < -0.3 is 19.8 Å². The molecule has 0 aliphatic heterocycles. The number of carbonyl (C=O) groups is 1. The normalized spacial score (nSPS) is 14.3. The van der Waals surface area contributed by atoms with Crippen molar-refractivity contribution in [3.05, 3.63) is 72.9 Å². The van der Waals surface area contributed by atoms with Crippen LogP contribution in [0.25, 0.3) is 0 Å². The highest BCUT2D eigenvalue weighted by Gasteiger charge is 2.27. The van der Waals surface area contributed by atoms with E-state index in [2.05, 4.69) is 79.9 Å². The van der Waals surface area contributed by atoms with E-state index in [0.717, 1.165) is 64.2 Å². The average Bonchev–Trinajstić information content (AvgIpc) is 3.35. The molecule has 3 unspecified atom stereocenters. The molecule has 73 heavy (non-hydrogen) atoms. The van der Waals surface area contributed by atoms with Crippen LogP contribution >= 0.6 is 7.82 Å². The molecule has 0 radical (unpaired) electrons. The van der Waals surface area contributed by atoms with Gasteiger partial charge in [-0.05, 0) is 70.6 Å². The summed E-state index contributed by atoms with van der Waals surface area (Å²) in [6, 6.07) is -0.867. The van der Waals surface area contributed by atoms with Crippen LogP contribution < -0.4 is 5.32 Å². The van der Waals surface area contributed by atoms with Crippen molar-refractivity contribution < 1.29 is 32.9 Å². The second kappa shape index (κ2) is 54.7. The Morgan fingerprint density at radius 3 is 1.26 bits per heavy atom. The predicted octanol–water partition coefficient (Wildman–Crippen LogP) is 19.0. The van der Waals surface area contributed by atoms with Crippen molar-refractivity contribution in [2.24, 2.45) is 0 Å². The molecular formula is C64H120N2O6P+. The zero-order chi connectivity index (χ0) is 53.5. The summed E-state index contributed by atoms with van der Waals surface area (Å²) in [5.41, 5.74) is 0. The van der Waals surface area contributed by atoms with E-state index in [1.54, 1.807) is 6.08 Å². The first-order valence-corrected chi connectivity index (χ1v) is 32.3. The number of likely N-dealkylation sites (N-methyl/N-ethyl adjacent to an activating group) is 1. The number of nitrogens with zero attached hydrogens (tertiary/aromatic N) is 1. The van der Waals surface area contributed by atoms with Crippen LogP contribution in [0.15, 0.2) is 72.9 Å². The van der Waals surface area contributed by atoms with Gasteiger partial charge in [-0.15, -0.1) is 0 Å². The summed E-state index contributed by atoms with van der Waals surface area (Å²) >= 11 is 0. The van der Waals surface area contributed by atoms with Crippen LogP contribution in [0, 0.1) is 0 Å². The maximum absolute atomic E-state index is 13.0. The van der Waals surface area contributed by atoms with Crippen LogP contribution in [0.2, 0.25) is 0 Å². The van der Waals surface area contributed by atoms with E-state index >= 15 is 0 Å². The van der Waals surface area contributed by atoms with E-state index in [1.165, 1.54) is 193 Å². The fraction of sp³-hybridized carbons (Fsp3) is 0.797. The molecule has 1 amide bonds. The van der Waals surface area contributed by atoms with Gasteiger partial charge in [-0.3, -0.25) is 13.8 Å². The van der Waals surface area contributed by atoms with Gasteiger partial charge in [0.05, 0.1) is 39.9 Å². The van der Waals surface area contributed by atoms with Gasteiger partial charge in [0.2, 0.25) is 5.91 Å². The van der Waals surface area contributed by atoms with Crippen molar-refractivity contribution in [1.82, 2.24) is 5.32 Å². The number of aliphatic hydroxyl groups excluding tert-OH is 1. The molecule has 9 heteroatoms. The van der Waals surface area contributed by atoms with Crippen LogP contribution in [0.1, 0.15) is 277 Å². The Labute approximate surface area is 453 Å². The number of rotatable bonds is 56. The lowest BCUT2D eigenvalue weighted by Crippen LogP contribution is -2.45. The summed E-state index contributed by atoms with van der Waals surface area (Å²) in [6.07, 6.45) is 75.9. The van der Waals surface area contributed by atoms with Gasteiger partial charge >= 0.3 is 7.82 Å². The number of phosphoric acid groups is 1. The fourth-order valence-electron chi connectivity index (χ4n) is 8.87. The summed E-state index contributed by atoms with van der Waals surface area (Å²) in [7, 11) is 1.56. The number of unbranched alkanes of at least 4 members (excludes halogenated alkanes) is 33. The Bertz CT molecular complexity index is 1420. The van der Waals surface area contributed by atoms with Gasteiger partial charge in [0.25, 0.3) is 0 Å². The van der Waals surface area contributed by atoms with Gasteiger partial charge in [-0.1, -0.05) is 273 Å². The minimum absolute atomic E-state index is 0.0549. The van der Waals surface area contributed by atoms with Gasteiger partial charge in [-0.2, -0.15) is 0 Å². The van der Waals surface area contributed by atoms with E-state index in [0.29, 0.717) is 17.4 Å². The number of aliphatic hydroxyl groups is 1. The van der Waals surface area contributed by atoms with E-state index < -0.39 is 20.0 Å². The van der Waals surface area contributed by atoms with Crippen molar-refractivity contribution >= 4 is 13.7 Å². The monoisotopic (exact) mass is 1040 g/mol. The first-order valence-electron chi connectivity index (χ1n) is 30.8. The molecule has 0 rings (SSSR count). The van der Waals surface area contributed by atoms with Crippen LogP contribution in [0.5, 0.6) is 0 Å². The van der Waals surface area contributed by atoms with Crippen molar-refractivity contribution in [2.75, 3.05) is 40.9 Å². The number of phosphoric ester groups is 1. The highest BCUT2D eigenvalue weighted by Crippen LogP contribution is 2.43. The summed E-state index contributed by atoms with van der Waals surface area (Å²) in [5, 5.41) is 13.9. The van der Waals surface area contributed by atoms with Gasteiger partial charge in [0.1, 0.15) is 13.2 Å². The third-order valence-corrected chi connectivity index (χ3v) is 14.6. The Kier molecular flexibility index (Phi) is 53.2. The van der Waals surface area contributed by atoms with Gasteiger partial charge in [0, 0.05) is 6.42 Å². The third kappa shape index (κ3) is 57.5. The number of allylic oxidation sites excluding steroid dienone is 11. The van der Waals surface area contributed by atoms with Crippen LogP contribution in [-0.2, 0) is 18.4 Å². The maximum atomic E-state index is 13.0. The standard InChI is InChI=1S/C64H119N2O6P/c1-6-8-10-12-14-16-18-20-22-24-26-28-30-31-32-33-34-35-36-38-40-42-44-46-48-50-52-54-56-58-64(68)65-62(61-72-73(69,70)71-60-59-66(3,4)5)63(67)57-55-53-51-49-47-45-43-41-39-37-29-27-25-23-21-19-17-15-13-11-9-7-2/h8,10,14,16,20,22,26,28,47,49,55,57,62-63,67H,6-7,9,11-13,15,17-19,21,23-25,27,29-46,48,50-54,56,58-61H2,1-5H3,(H-,65,68,69,70)/p+1/b10-8-,16-14-,22-20-,28-26-,49-47+,57-55+. The smallest absolute Gasteiger partial charge is 0.387 e. The number of carbonyl (C=O) groups excluding carboxylic acids is 1. The summed E-state index contributed by atoms with van der Waals surface area (Å²) < 4.78 is 23.7. The van der Waals surface area contributed by atoms with Crippen molar-refractivity contribution in [3.63, 3.8) is 0 Å².